The lowest BCUT2D eigenvalue weighted by atomic mass is 9.97. The summed E-state index contributed by atoms with van der Waals surface area (Å²) in [4.78, 5) is 14.8. The number of carbonyl (C=O) groups excluding carboxylic acids is 1. The third-order valence-electron chi connectivity index (χ3n) is 4.66. The minimum Gasteiger partial charge on any atom is -0.444 e. The Morgan fingerprint density at radius 1 is 0.939 bits per heavy atom. The quantitative estimate of drug-likeness (QED) is 0.422. The summed E-state index contributed by atoms with van der Waals surface area (Å²) in [5.41, 5.74) is 0.989. The van der Waals surface area contributed by atoms with Gasteiger partial charge in [-0.05, 0) is 45.7 Å². The molecular weight excluding hydrogens is 441 g/mol. The van der Waals surface area contributed by atoms with Crippen LogP contribution in [0.15, 0.2) is 60.7 Å². The van der Waals surface area contributed by atoms with E-state index in [0.29, 0.717) is 0 Å². The molecule has 2 aromatic carbocycles. The van der Waals surface area contributed by atoms with Crippen molar-refractivity contribution in [3.63, 3.8) is 0 Å². The molecule has 0 aliphatic rings. The fourth-order valence-electron chi connectivity index (χ4n) is 3.51. The van der Waals surface area contributed by atoms with E-state index in [9.17, 15) is 14.5 Å². The molecule has 0 saturated heterocycles. The van der Waals surface area contributed by atoms with Gasteiger partial charge in [0.1, 0.15) is 5.60 Å². The number of carbonyl (C=O) groups is 1. The normalized spacial score (nSPS) is 13.1. The molecule has 0 aliphatic heterocycles. The number of hydrogen-bond acceptors (Lipinski definition) is 6. The molecule has 0 aromatic heterocycles. The average Bonchev–Trinajstić information content (AvgIpc) is 2.73. The lowest BCUT2D eigenvalue weighted by molar-refractivity contribution is 0.00876. The van der Waals surface area contributed by atoms with Gasteiger partial charge in [0.15, 0.2) is 0 Å². The molecule has 0 heterocycles. The van der Waals surface area contributed by atoms with E-state index in [2.05, 4.69) is 0 Å². The summed E-state index contributed by atoms with van der Waals surface area (Å²) in [7, 11) is -3.51. The number of amides is 1. The van der Waals surface area contributed by atoms with Crippen LogP contribution in [0.2, 0.25) is 0 Å². The van der Waals surface area contributed by atoms with E-state index in [0.717, 1.165) is 11.1 Å². The van der Waals surface area contributed by atoms with E-state index in [1.54, 1.807) is 34.6 Å². The van der Waals surface area contributed by atoms with Crippen LogP contribution in [0.1, 0.15) is 51.8 Å². The van der Waals surface area contributed by atoms with E-state index >= 15 is 0 Å². The highest BCUT2D eigenvalue weighted by atomic mass is 31.2. The van der Waals surface area contributed by atoms with Crippen LogP contribution in [0, 0.1) is 0 Å². The first-order valence-electron chi connectivity index (χ1n) is 11.2. The highest BCUT2D eigenvalue weighted by Crippen LogP contribution is 2.48. The summed E-state index contributed by atoms with van der Waals surface area (Å²) in [6, 6.07) is 18.6. The molecular formula is C25H36NO6P. The molecule has 2 aromatic rings. The largest absolute Gasteiger partial charge is 0.444 e. The second-order valence-corrected chi connectivity index (χ2v) is 10.7. The van der Waals surface area contributed by atoms with Crippen molar-refractivity contribution in [1.29, 1.82) is 0 Å². The highest BCUT2D eigenvalue weighted by Gasteiger charge is 2.35. The van der Waals surface area contributed by atoms with Crippen molar-refractivity contribution >= 4 is 13.7 Å². The predicted molar refractivity (Wildman–Crippen MR) is 129 cm³/mol. The molecule has 0 spiro atoms. The van der Waals surface area contributed by atoms with Gasteiger partial charge in [0.25, 0.3) is 0 Å². The zero-order valence-electron chi connectivity index (χ0n) is 20.1. The van der Waals surface area contributed by atoms with Crippen molar-refractivity contribution < 1.29 is 28.3 Å². The van der Waals surface area contributed by atoms with Crippen LogP contribution in [0.3, 0.4) is 0 Å². The number of nitrogens with zero attached hydrogens (tertiary/aromatic N) is 1. The first kappa shape index (κ1) is 27.1. The van der Waals surface area contributed by atoms with Crippen LogP contribution in [0.4, 0.5) is 4.79 Å². The summed E-state index contributed by atoms with van der Waals surface area (Å²) in [5, 5.41) is 10.9. The smallest absolute Gasteiger partial charge is 0.411 e. The molecule has 1 unspecified atom stereocenters. The monoisotopic (exact) mass is 477 g/mol. The molecule has 182 valence electrons. The van der Waals surface area contributed by atoms with E-state index < -0.39 is 31.4 Å². The van der Waals surface area contributed by atoms with Crippen molar-refractivity contribution in [2.45, 2.75) is 52.4 Å². The molecule has 0 aliphatic carbocycles. The molecule has 1 N–H and O–H groups in total. The van der Waals surface area contributed by atoms with Gasteiger partial charge in [-0.25, -0.2) is 4.79 Å². The number of ether oxygens (including phenoxy) is 1. The van der Waals surface area contributed by atoms with Gasteiger partial charge in [-0.3, -0.25) is 9.46 Å². The van der Waals surface area contributed by atoms with Crippen LogP contribution in [0.5, 0.6) is 0 Å². The summed E-state index contributed by atoms with van der Waals surface area (Å²) >= 11 is 0. The van der Waals surface area contributed by atoms with Gasteiger partial charge in [-0.2, -0.15) is 0 Å². The Morgan fingerprint density at radius 2 is 1.39 bits per heavy atom. The first-order valence-corrected chi connectivity index (χ1v) is 13.0. The Morgan fingerprint density at radius 3 is 1.79 bits per heavy atom. The maximum Gasteiger partial charge on any atom is 0.411 e. The topological polar surface area (TPSA) is 85.3 Å². The molecule has 7 nitrogen and oxygen atoms in total. The van der Waals surface area contributed by atoms with Gasteiger partial charge in [0.2, 0.25) is 0 Å². The van der Waals surface area contributed by atoms with E-state index in [4.69, 9.17) is 13.8 Å². The van der Waals surface area contributed by atoms with Gasteiger partial charge < -0.3 is 18.9 Å². The van der Waals surface area contributed by atoms with Gasteiger partial charge in [-0.15, -0.1) is 0 Å². The number of aliphatic hydroxyl groups excluding tert-OH is 1. The molecule has 2 rings (SSSR count). The Hall–Kier alpha value is -2.18. The SMILES string of the molecule is CCOP(=O)(CC(O)CN(C(=O)OC(C)(C)C)C(c1ccccc1)c1ccccc1)OCC. The lowest BCUT2D eigenvalue weighted by Gasteiger charge is -2.35. The summed E-state index contributed by atoms with van der Waals surface area (Å²) < 4.78 is 29.3. The first-order chi connectivity index (χ1) is 15.6. The van der Waals surface area contributed by atoms with Crippen molar-refractivity contribution in [1.82, 2.24) is 4.90 Å². The van der Waals surface area contributed by atoms with Gasteiger partial charge >= 0.3 is 13.7 Å². The fraction of sp³-hybridized carbons (Fsp3) is 0.480. The minimum atomic E-state index is -3.51. The van der Waals surface area contributed by atoms with Crippen molar-refractivity contribution in [3.8, 4) is 0 Å². The Labute approximate surface area is 197 Å². The van der Waals surface area contributed by atoms with Gasteiger partial charge in [-0.1, -0.05) is 60.7 Å². The Balaban J connectivity index is 2.45. The molecule has 0 bridgehead atoms. The van der Waals surface area contributed by atoms with Crippen LogP contribution < -0.4 is 0 Å². The molecule has 1 atom stereocenters. The Bertz CT molecular complexity index is 851. The van der Waals surface area contributed by atoms with E-state index in [-0.39, 0.29) is 25.9 Å². The maximum absolute atomic E-state index is 13.4. The van der Waals surface area contributed by atoms with Crippen LogP contribution in [0.25, 0.3) is 0 Å². The van der Waals surface area contributed by atoms with E-state index in [1.165, 1.54) is 4.90 Å². The predicted octanol–water partition coefficient (Wildman–Crippen LogP) is 5.64. The second-order valence-electron chi connectivity index (χ2n) is 8.64. The maximum atomic E-state index is 13.4. The van der Waals surface area contributed by atoms with Crippen LogP contribution in [-0.2, 0) is 18.3 Å². The average molecular weight is 478 g/mol. The van der Waals surface area contributed by atoms with E-state index in [1.807, 2.05) is 60.7 Å². The molecule has 0 radical (unpaired) electrons. The number of hydrogen-bond donors (Lipinski definition) is 1. The number of aliphatic hydroxyl groups is 1. The van der Waals surface area contributed by atoms with Crippen molar-refractivity contribution in [2.75, 3.05) is 25.9 Å². The third kappa shape index (κ3) is 8.59. The summed E-state index contributed by atoms with van der Waals surface area (Å²) in [5.74, 6) is 0. The molecule has 8 heteroatoms. The zero-order chi connectivity index (χ0) is 24.5. The fourth-order valence-corrected chi connectivity index (χ4v) is 5.21. The minimum absolute atomic E-state index is 0.118. The molecule has 0 saturated carbocycles. The van der Waals surface area contributed by atoms with Gasteiger partial charge in [0.05, 0.1) is 38.1 Å². The van der Waals surface area contributed by atoms with Crippen LogP contribution in [-0.4, -0.2) is 53.7 Å². The molecule has 0 fully saturated rings. The summed E-state index contributed by atoms with van der Waals surface area (Å²) in [6.45, 7) is 9.06. The molecule has 1 amide bonds. The number of rotatable bonds is 11. The van der Waals surface area contributed by atoms with Crippen LogP contribution >= 0.6 is 7.60 Å². The zero-order valence-corrected chi connectivity index (χ0v) is 21.0. The lowest BCUT2D eigenvalue weighted by Crippen LogP contribution is -2.44. The highest BCUT2D eigenvalue weighted by molar-refractivity contribution is 7.53. The van der Waals surface area contributed by atoms with Crippen molar-refractivity contribution in [3.05, 3.63) is 71.8 Å². The molecule has 33 heavy (non-hydrogen) atoms. The summed E-state index contributed by atoms with van der Waals surface area (Å²) in [6.07, 6.45) is -1.97. The van der Waals surface area contributed by atoms with Gasteiger partial charge in [0, 0.05) is 0 Å². The second kappa shape index (κ2) is 12.3. The Kier molecular flexibility index (Phi) is 10.1. The standard InChI is InChI=1S/C25H36NO6P/c1-6-30-33(29,31-7-2)19-22(27)18-26(24(28)32-25(3,4)5)23(20-14-10-8-11-15-20)21-16-12-9-13-17-21/h8-17,22-23,27H,6-7,18-19H2,1-5H3. The van der Waals surface area contributed by atoms with Crippen molar-refractivity contribution in [2.24, 2.45) is 0 Å². The number of benzene rings is 2. The third-order valence-corrected chi connectivity index (χ3v) is 6.84.